The minimum atomic E-state index is -0.0571. The van der Waals surface area contributed by atoms with Crippen LogP contribution < -0.4 is 10.1 Å². The van der Waals surface area contributed by atoms with Crippen molar-refractivity contribution in [3.05, 3.63) is 71.8 Å². The van der Waals surface area contributed by atoms with E-state index in [1.54, 1.807) is 31.4 Å². The summed E-state index contributed by atoms with van der Waals surface area (Å²) in [5.41, 5.74) is 1.59. The number of piperidine rings is 1. The molecule has 0 unspecified atom stereocenters. The number of nitrogens with one attached hydrogen (secondary N) is 1. The summed E-state index contributed by atoms with van der Waals surface area (Å²) in [6, 6.07) is 16.9. The van der Waals surface area contributed by atoms with Gasteiger partial charge in [-0.05, 0) is 48.7 Å². The Kier molecular flexibility index (Phi) is 6.26. The molecule has 2 aromatic rings. The molecule has 1 aliphatic rings. The predicted molar refractivity (Wildman–Crippen MR) is 106 cm³/mol. The van der Waals surface area contributed by atoms with Crippen molar-refractivity contribution >= 4 is 17.9 Å². The topological polar surface area (TPSA) is 58.6 Å². The lowest BCUT2D eigenvalue weighted by Gasteiger charge is -2.31. The van der Waals surface area contributed by atoms with Crippen molar-refractivity contribution in [3.63, 3.8) is 0 Å². The highest BCUT2D eigenvalue weighted by molar-refractivity contribution is 5.94. The van der Waals surface area contributed by atoms with Gasteiger partial charge in [-0.1, -0.05) is 30.3 Å². The van der Waals surface area contributed by atoms with E-state index in [0.717, 1.165) is 24.2 Å². The minimum absolute atomic E-state index is 0.00865. The molecule has 1 heterocycles. The standard InChI is InChI=1S/C22H24N2O3/c1-27-20-9-5-6-17(16-20)10-11-21(25)24-14-12-19(13-15-24)23-22(26)18-7-3-2-4-8-18/h2-11,16,19H,12-15H2,1H3,(H,23,26). The monoisotopic (exact) mass is 364 g/mol. The lowest BCUT2D eigenvalue weighted by Crippen LogP contribution is -2.46. The number of amides is 2. The van der Waals surface area contributed by atoms with Crippen LogP contribution in [0, 0.1) is 0 Å². The van der Waals surface area contributed by atoms with Crippen LogP contribution >= 0.6 is 0 Å². The number of carbonyl (C=O) groups excluding carboxylic acids is 2. The third kappa shape index (κ3) is 5.20. The maximum atomic E-state index is 12.4. The van der Waals surface area contributed by atoms with Gasteiger partial charge in [-0.3, -0.25) is 9.59 Å². The molecule has 1 fully saturated rings. The van der Waals surface area contributed by atoms with E-state index in [2.05, 4.69) is 5.32 Å². The number of ether oxygens (including phenoxy) is 1. The first-order valence-corrected chi connectivity index (χ1v) is 9.12. The highest BCUT2D eigenvalue weighted by Crippen LogP contribution is 2.15. The lowest BCUT2D eigenvalue weighted by molar-refractivity contribution is -0.126. The second-order valence-electron chi connectivity index (χ2n) is 6.55. The number of benzene rings is 2. The Morgan fingerprint density at radius 2 is 1.81 bits per heavy atom. The zero-order valence-corrected chi connectivity index (χ0v) is 15.4. The molecular formula is C22H24N2O3. The van der Waals surface area contributed by atoms with E-state index in [1.165, 1.54) is 0 Å². The highest BCUT2D eigenvalue weighted by Gasteiger charge is 2.23. The summed E-state index contributed by atoms with van der Waals surface area (Å²) in [5, 5.41) is 3.06. The van der Waals surface area contributed by atoms with Gasteiger partial charge in [0.1, 0.15) is 5.75 Å². The minimum Gasteiger partial charge on any atom is -0.497 e. The second kappa shape index (κ2) is 9.03. The number of methoxy groups -OCH3 is 1. The zero-order chi connectivity index (χ0) is 19.1. The first-order chi connectivity index (χ1) is 13.2. The van der Waals surface area contributed by atoms with Gasteiger partial charge in [0.2, 0.25) is 5.91 Å². The molecule has 0 saturated carbocycles. The van der Waals surface area contributed by atoms with Crippen LogP contribution in [0.1, 0.15) is 28.8 Å². The summed E-state index contributed by atoms with van der Waals surface area (Å²) in [4.78, 5) is 26.4. The number of rotatable bonds is 5. The Morgan fingerprint density at radius 1 is 1.07 bits per heavy atom. The van der Waals surface area contributed by atoms with Crippen molar-refractivity contribution in [2.75, 3.05) is 20.2 Å². The van der Waals surface area contributed by atoms with Crippen LogP contribution in [-0.2, 0) is 4.79 Å². The molecule has 5 nitrogen and oxygen atoms in total. The van der Waals surface area contributed by atoms with Crippen LogP contribution in [0.25, 0.3) is 6.08 Å². The number of nitrogens with zero attached hydrogens (tertiary/aromatic N) is 1. The van der Waals surface area contributed by atoms with Gasteiger partial charge in [-0.15, -0.1) is 0 Å². The Labute approximate surface area is 159 Å². The van der Waals surface area contributed by atoms with Crippen molar-refractivity contribution in [3.8, 4) is 5.75 Å². The quantitative estimate of drug-likeness (QED) is 0.830. The van der Waals surface area contributed by atoms with E-state index in [4.69, 9.17) is 4.74 Å². The van der Waals surface area contributed by atoms with E-state index in [0.29, 0.717) is 18.7 Å². The van der Waals surface area contributed by atoms with Gasteiger partial charge in [0.05, 0.1) is 7.11 Å². The molecule has 0 bridgehead atoms. The van der Waals surface area contributed by atoms with Gasteiger partial charge in [0.25, 0.3) is 5.91 Å². The molecule has 0 radical (unpaired) electrons. The fourth-order valence-electron chi connectivity index (χ4n) is 3.12. The van der Waals surface area contributed by atoms with Crippen molar-refractivity contribution in [1.29, 1.82) is 0 Å². The maximum absolute atomic E-state index is 12.4. The van der Waals surface area contributed by atoms with Crippen LogP contribution in [0.15, 0.2) is 60.7 Å². The number of likely N-dealkylation sites (tertiary alicyclic amines) is 1. The molecule has 5 heteroatoms. The predicted octanol–water partition coefficient (Wildman–Crippen LogP) is 3.13. The second-order valence-corrected chi connectivity index (χ2v) is 6.55. The molecular weight excluding hydrogens is 340 g/mol. The van der Waals surface area contributed by atoms with Crippen molar-refractivity contribution < 1.29 is 14.3 Å². The van der Waals surface area contributed by atoms with E-state index in [9.17, 15) is 9.59 Å². The van der Waals surface area contributed by atoms with Crippen LogP contribution in [-0.4, -0.2) is 43.0 Å². The molecule has 1 N–H and O–H groups in total. The Balaban J connectivity index is 1.49. The number of hydrogen-bond donors (Lipinski definition) is 1. The molecule has 0 atom stereocenters. The van der Waals surface area contributed by atoms with Crippen LogP contribution in [0.3, 0.4) is 0 Å². The smallest absolute Gasteiger partial charge is 0.251 e. The first kappa shape index (κ1) is 18.7. The average Bonchev–Trinajstić information content (AvgIpc) is 2.73. The molecule has 1 aliphatic heterocycles. The van der Waals surface area contributed by atoms with Crippen LogP contribution in [0.4, 0.5) is 0 Å². The van der Waals surface area contributed by atoms with Crippen molar-refractivity contribution in [1.82, 2.24) is 10.2 Å². The molecule has 3 rings (SSSR count). The summed E-state index contributed by atoms with van der Waals surface area (Å²) in [6.45, 7) is 1.28. The van der Waals surface area contributed by atoms with Crippen LogP contribution in [0.2, 0.25) is 0 Å². The Morgan fingerprint density at radius 3 is 2.52 bits per heavy atom. The normalized spacial score (nSPS) is 14.9. The molecule has 27 heavy (non-hydrogen) atoms. The highest BCUT2D eigenvalue weighted by atomic mass is 16.5. The molecule has 0 spiro atoms. The lowest BCUT2D eigenvalue weighted by atomic mass is 10.0. The summed E-state index contributed by atoms with van der Waals surface area (Å²) in [5.74, 6) is 0.698. The largest absolute Gasteiger partial charge is 0.497 e. The molecule has 1 saturated heterocycles. The van der Waals surface area contributed by atoms with E-state index in [-0.39, 0.29) is 17.9 Å². The third-order valence-corrected chi connectivity index (χ3v) is 4.69. The third-order valence-electron chi connectivity index (χ3n) is 4.69. The van der Waals surface area contributed by atoms with E-state index < -0.39 is 0 Å². The SMILES string of the molecule is COc1cccc(C=CC(=O)N2CCC(NC(=O)c3ccccc3)CC2)c1. The first-order valence-electron chi connectivity index (χ1n) is 9.12. The summed E-state index contributed by atoms with van der Waals surface area (Å²) >= 11 is 0. The van der Waals surface area contributed by atoms with Gasteiger partial charge in [-0.25, -0.2) is 0 Å². The van der Waals surface area contributed by atoms with Crippen molar-refractivity contribution in [2.24, 2.45) is 0 Å². The molecule has 0 aliphatic carbocycles. The molecule has 2 aromatic carbocycles. The molecule has 140 valence electrons. The maximum Gasteiger partial charge on any atom is 0.251 e. The fourth-order valence-corrected chi connectivity index (χ4v) is 3.12. The van der Waals surface area contributed by atoms with Crippen LogP contribution in [0.5, 0.6) is 5.75 Å². The van der Waals surface area contributed by atoms with Crippen molar-refractivity contribution in [2.45, 2.75) is 18.9 Å². The summed E-state index contributed by atoms with van der Waals surface area (Å²) < 4.78 is 5.19. The van der Waals surface area contributed by atoms with E-state index >= 15 is 0 Å². The van der Waals surface area contributed by atoms with Gasteiger partial charge >= 0.3 is 0 Å². The average molecular weight is 364 g/mol. The summed E-state index contributed by atoms with van der Waals surface area (Å²) in [6.07, 6.45) is 4.92. The molecule has 2 amide bonds. The van der Waals surface area contributed by atoms with Gasteiger partial charge in [0, 0.05) is 30.8 Å². The zero-order valence-electron chi connectivity index (χ0n) is 15.4. The van der Waals surface area contributed by atoms with Gasteiger partial charge in [-0.2, -0.15) is 0 Å². The van der Waals surface area contributed by atoms with E-state index in [1.807, 2.05) is 47.4 Å². The van der Waals surface area contributed by atoms with Gasteiger partial charge < -0.3 is 15.0 Å². The summed E-state index contributed by atoms with van der Waals surface area (Å²) in [7, 11) is 1.62. The fraction of sp³-hybridized carbons (Fsp3) is 0.273. The Hall–Kier alpha value is -3.08. The Bertz CT molecular complexity index is 809. The number of hydrogen-bond acceptors (Lipinski definition) is 3. The van der Waals surface area contributed by atoms with Gasteiger partial charge in [0.15, 0.2) is 0 Å². The number of carbonyl (C=O) groups is 2. The molecule has 0 aromatic heterocycles.